The molecule has 0 aliphatic carbocycles. The van der Waals surface area contributed by atoms with Crippen LogP contribution < -0.4 is 0 Å². The quantitative estimate of drug-likeness (QED) is 0.519. The van der Waals surface area contributed by atoms with Gasteiger partial charge >= 0.3 is 5.51 Å². The largest absolute Gasteiger partial charge is 0.501 e. The molecule has 0 saturated carbocycles. The van der Waals surface area contributed by atoms with Crippen LogP contribution in [0.1, 0.15) is 18.4 Å². The predicted molar refractivity (Wildman–Crippen MR) is 81.6 cm³/mol. The van der Waals surface area contributed by atoms with Crippen LogP contribution in [-0.4, -0.2) is 19.8 Å². The Hall–Kier alpha value is -1.04. The normalized spacial score (nSPS) is 13.5. The summed E-state index contributed by atoms with van der Waals surface area (Å²) in [6.07, 6.45) is 0.0402. The number of sulfone groups is 1. The number of allylic oxidation sites excluding steroid dienone is 1. The molecule has 3 nitrogen and oxygen atoms in total. The fourth-order valence-corrected chi connectivity index (χ4v) is 3.22. The summed E-state index contributed by atoms with van der Waals surface area (Å²) in [4.78, 5) is -1.01. The maximum Gasteiger partial charge on any atom is 0.501 e. The van der Waals surface area contributed by atoms with Crippen LogP contribution in [0.4, 0.5) is 13.2 Å². The number of halogens is 5. The van der Waals surface area contributed by atoms with Crippen molar-refractivity contribution in [3.05, 3.63) is 39.9 Å². The van der Waals surface area contributed by atoms with Crippen molar-refractivity contribution in [1.29, 1.82) is 5.26 Å². The molecule has 0 N–H and O–H groups in total. The molecule has 22 heavy (non-hydrogen) atoms. The number of nitrogens with zero attached hydrogens (tertiary/aromatic N) is 1. The first-order valence-electron chi connectivity index (χ1n) is 5.91. The number of hydrogen-bond donors (Lipinski definition) is 0. The lowest BCUT2D eigenvalue weighted by Gasteiger charge is -2.14. The second-order valence-electron chi connectivity index (χ2n) is 4.17. The Morgan fingerprint density at radius 1 is 1.27 bits per heavy atom. The van der Waals surface area contributed by atoms with E-state index >= 15 is 0 Å². The van der Waals surface area contributed by atoms with Gasteiger partial charge in [-0.1, -0.05) is 28.1 Å². The Kier molecular flexibility index (Phi) is 6.47. The van der Waals surface area contributed by atoms with E-state index in [1.807, 2.05) is 0 Å². The summed E-state index contributed by atoms with van der Waals surface area (Å²) >= 11 is 8.58. The van der Waals surface area contributed by atoms with Crippen LogP contribution >= 0.6 is 27.5 Å². The molecule has 0 heterocycles. The molecule has 0 atom stereocenters. The zero-order chi connectivity index (χ0) is 17.0. The van der Waals surface area contributed by atoms with Crippen molar-refractivity contribution in [1.82, 2.24) is 0 Å². The molecule has 1 rings (SSSR count). The second kappa shape index (κ2) is 7.49. The maximum absolute atomic E-state index is 12.9. The zero-order valence-electron chi connectivity index (χ0n) is 11.0. The SMILES string of the molecule is N#C/C(CCCCl)=C(\c1ccc(Br)cc1)S(=O)(=O)C(F)(F)F. The molecule has 1 aromatic rings. The summed E-state index contributed by atoms with van der Waals surface area (Å²) in [6, 6.07) is 6.78. The van der Waals surface area contributed by atoms with Gasteiger partial charge in [-0.15, -0.1) is 11.6 Å². The van der Waals surface area contributed by atoms with Gasteiger partial charge in [0.15, 0.2) is 0 Å². The zero-order valence-corrected chi connectivity index (χ0v) is 14.2. The van der Waals surface area contributed by atoms with Gasteiger partial charge in [-0.05, 0) is 30.5 Å². The third-order valence-electron chi connectivity index (χ3n) is 2.65. The van der Waals surface area contributed by atoms with E-state index in [0.717, 1.165) is 0 Å². The highest BCUT2D eigenvalue weighted by Crippen LogP contribution is 2.38. The molecule has 0 unspecified atom stereocenters. The lowest BCUT2D eigenvalue weighted by Crippen LogP contribution is -2.25. The number of benzene rings is 1. The first-order valence-corrected chi connectivity index (χ1v) is 8.72. The van der Waals surface area contributed by atoms with Gasteiger partial charge in [0.1, 0.15) is 0 Å². The molecule has 0 aliphatic rings. The van der Waals surface area contributed by atoms with Gasteiger partial charge in [-0.3, -0.25) is 0 Å². The van der Waals surface area contributed by atoms with Gasteiger partial charge in [-0.2, -0.15) is 18.4 Å². The molecule has 0 bridgehead atoms. The standard InChI is InChI=1S/C13H10BrClF3NO2S/c14-11-5-3-9(4-6-11)12(10(8-19)2-1-7-15)22(20,21)13(16,17)18/h3-6H,1-2,7H2/b12-10+. The molecule has 0 amide bonds. The Morgan fingerprint density at radius 2 is 1.82 bits per heavy atom. The lowest BCUT2D eigenvalue weighted by atomic mass is 10.1. The summed E-state index contributed by atoms with van der Waals surface area (Å²) in [5, 5.41) is 9.08. The van der Waals surface area contributed by atoms with Crippen LogP contribution in [0.2, 0.25) is 0 Å². The van der Waals surface area contributed by atoms with Gasteiger partial charge in [0.25, 0.3) is 9.84 Å². The maximum atomic E-state index is 12.9. The van der Waals surface area contributed by atoms with E-state index in [0.29, 0.717) is 4.47 Å². The molecule has 0 saturated heterocycles. The Labute approximate surface area is 139 Å². The monoisotopic (exact) mass is 415 g/mol. The van der Waals surface area contributed by atoms with Crippen LogP contribution in [0.3, 0.4) is 0 Å². The van der Waals surface area contributed by atoms with E-state index in [9.17, 15) is 21.6 Å². The topological polar surface area (TPSA) is 57.9 Å². The first-order chi connectivity index (χ1) is 10.1. The first kappa shape index (κ1) is 19.0. The smallest absolute Gasteiger partial charge is 0.214 e. The summed E-state index contributed by atoms with van der Waals surface area (Å²) in [5.74, 6) is 0.102. The summed E-state index contributed by atoms with van der Waals surface area (Å²) < 4.78 is 62.9. The number of nitriles is 1. The van der Waals surface area contributed by atoms with Crippen molar-refractivity contribution in [3.63, 3.8) is 0 Å². The van der Waals surface area contributed by atoms with Crippen LogP contribution in [-0.2, 0) is 9.84 Å². The van der Waals surface area contributed by atoms with Gasteiger partial charge in [-0.25, -0.2) is 8.42 Å². The highest BCUT2D eigenvalue weighted by atomic mass is 79.9. The highest BCUT2D eigenvalue weighted by Gasteiger charge is 2.49. The average molecular weight is 417 g/mol. The van der Waals surface area contributed by atoms with E-state index < -0.39 is 25.8 Å². The molecule has 120 valence electrons. The van der Waals surface area contributed by atoms with E-state index in [1.165, 1.54) is 24.3 Å². The molecule has 0 aliphatic heterocycles. The summed E-state index contributed by atoms with van der Waals surface area (Å²) in [6.45, 7) is 0. The van der Waals surface area contributed by atoms with Crippen molar-refractivity contribution >= 4 is 42.3 Å². The summed E-state index contributed by atoms with van der Waals surface area (Å²) in [5.41, 5.74) is -6.13. The highest BCUT2D eigenvalue weighted by molar-refractivity contribution is 9.10. The van der Waals surface area contributed by atoms with E-state index in [4.69, 9.17) is 16.9 Å². The molecular formula is C13H10BrClF3NO2S. The van der Waals surface area contributed by atoms with Crippen LogP contribution in [0.25, 0.3) is 4.91 Å². The van der Waals surface area contributed by atoms with Gasteiger partial charge < -0.3 is 0 Å². The van der Waals surface area contributed by atoms with Crippen molar-refractivity contribution in [2.45, 2.75) is 18.3 Å². The summed E-state index contributed by atoms with van der Waals surface area (Å²) in [7, 11) is -5.65. The Morgan fingerprint density at radius 3 is 2.23 bits per heavy atom. The fraction of sp³-hybridized carbons (Fsp3) is 0.308. The van der Waals surface area contributed by atoms with Crippen LogP contribution in [0.15, 0.2) is 34.3 Å². The number of alkyl halides is 4. The van der Waals surface area contributed by atoms with Gasteiger partial charge in [0, 0.05) is 15.9 Å². The van der Waals surface area contributed by atoms with E-state index in [2.05, 4.69) is 15.9 Å². The molecule has 0 radical (unpaired) electrons. The molecule has 0 aromatic heterocycles. The minimum absolute atomic E-state index is 0.102. The van der Waals surface area contributed by atoms with Crippen LogP contribution in [0.5, 0.6) is 0 Å². The fourth-order valence-electron chi connectivity index (χ4n) is 1.67. The van der Waals surface area contributed by atoms with Gasteiger partial charge in [0.2, 0.25) is 0 Å². The molecule has 1 aromatic carbocycles. The lowest BCUT2D eigenvalue weighted by molar-refractivity contribution is -0.0420. The van der Waals surface area contributed by atoms with Crippen molar-refractivity contribution in [3.8, 4) is 6.07 Å². The number of rotatable bonds is 5. The van der Waals surface area contributed by atoms with Crippen LogP contribution in [0, 0.1) is 11.3 Å². The Bertz CT molecular complexity index is 706. The van der Waals surface area contributed by atoms with E-state index in [-0.39, 0.29) is 24.3 Å². The molecule has 9 heteroatoms. The minimum Gasteiger partial charge on any atom is -0.214 e. The Balaban J connectivity index is 3.63. The second-order valence-corrected chi connectivity index (χ2v) is 7.34. The molecule has 0 spiro atoms. The van der Waals surface area contributed by atoms with Crippen molar-refractivity contribution in [2.24, 2.45) is 0 Å². The minimum atomic E-state index is -5.65. The third kappa shape index (κ3) is 4.24. The van der Waals surface area contributed by atoms with Crippen molar-refractivity contribution in [2.75, 3.05) is 5.88 Å². The predicted octanol–water partition coefficient (Wildman–Crippen LogP) is 4.64. The van der Waals surface area contributed by atoms with Gasteiger partial charge in [0.05, 0.1) is 11.0 Å². The molecular weight excluding hydrogens is 407 g/mol. The molecule has 0 fully saturated rings. The third-order valence-corrected chi connectivity index (χ3v) is 5.07. The average Bonchev–Trinajstić information content (AvgIpc) is 2.43. The van der Waals surface area contributed by atoms with Crippen molar-refractivity contribution < 1.29 is 21.6 Å². The van der Waals surface area contributed by atoms with E-state index in [1.54, 1.807) is 6.07 Å². The number of hydrogen-bond acceptors (Lipinski definition) is 3.